The summed E-state index contributed by atoms with van der Waals surface area (Å²) in [7, 11) is -1.75. The number of rotatable bonds is 4. The number of nitrogens with two attached hydrogens (primary N) is 1. The zero-order valence-electron chi connectivity index (χ0n) is 18.6. The quantitative estimate of drug-likeness (QED) is 0.232. The molecule has 3 aromatic rings. The van der Waals surface area contributed by atoms with Crippen molar-refractivity contribution in [1.82, 2.24) is 23.1 Å². The molecule has 0 atom stereocenters. The lowest BCUT2D eigenvalue weighted by atomic mass is 10.1. The molecule has 1 aromatic carbocycles. The molecule has 13 heteroatoms. The van der Waals surface area contributed by atoms with Gasteiger partial charge < -0.3 is 20.7 Å². The van der Waals surface area contributed by atoms with Crippen LogP contribution >= 0.6 is 11.3 Å². The Balaban J connectivity index is 1.29. The van der Waals surface area contributed by atoms with Crippen LogP contribution in [-0.4, -0.2) is 88.2 Å². The average Bonchev–Trinajstić information content (AvgIpc) is 3.47. The van der Waals surface area contributed by atoms with E-state index in [2.05, 4.69) is 22.1 Å². The van der Waals surface area contributed by atoms with Crippen LogP contribution in [0.3, 0.4) is 0 Å². The number of aromatic nitrogens is 2. The van der Waals surface area contributed by atoms with Crippen molar-refractivity contribution in [2.75, 3.05) is 39.8 Å². The highest BCUT2D eigenvalue weighted by atomic mass is 32.2. The lowest BCUT2D eigenvalue weighted by Gasteiger charge is -2.33. The van der Waals surface area contributed by atoms with Crippen molar-refractivity contribution in [3.05, 3.63) is 51.7 Å². The Hall–Kier alpha value is -3.00. The number of carbonyl (C=O) groups is 1. The van der Waals surface area contributed by atoms with Gasteiger partial charge in [-0.25, -0.2) is 8.96 Å². The van der Waals surface area contributed by atoms with Crippen molar-refractivity contribution in [1.29, 1.82) is 0 Å². The highest BCUT2D eigenvalue weighted by Crippen LogP contribution is 2.26. The molecule has 0 bridgehead atoms. The molecule has 2 aliphatic rings. The van der Waals surface area contributed by atoms with Crippen molar-refractivity contribution in [2.24, 2.45) is 10.9 Å². The van der Waals surface area contributed by atoms with Crippen LogP contribution in [0.1, 0.15) is 25.9 Å². The van der Waals surface area contributed by atoms with Gasteiger partial charge in [0.25, 0.3) is 5.91 Å². The standard InChI is InChI=1S/C21H25N7O4S2/c1-25-5-4-17-18(13-25)33-20(23-17)21(29)26-6-8-27(9-7-26)34(31,32)28-11-15-3-2-14(19(22)24-30)10-16(15)12-28/h2-3,10-12,30H,4-9,13H2,1H3,(H2,22,24). The fourth-order valence-electron chi connectivity index (χ4n) is 4.27. The number of likely N-dealkylation sites (N-methyl/N-ethyl adjacent to an activating group) is 1. The Morgan fingerprint density at radius 2 is 1.88 bits per heavy atom. The van der Waals surface area contributed by atoms with E-state index >= 15 is 0 Å². The lowest BCUT2D eigenvalue weighted by Crippen LogP contribution is -2.51. The number of fused-ring (bicyclic) bond motifs is 2. The lowest BCUT2D eigenvalue weighted by molar-refractivity contribution is 0.0696. The van der Waals surface area contributed by atoms with Gasteiger partial charge in [-0.05, 0) is 13.1 Å². The zero-order chi connectivity index (χ0) is 24.0. The first-order valence-corrected chi connectivity index (χ1v) is 13.0. The molecule has 2 aromatic heterocycles. The molecule has 0 aliphatic carbocycles. The predicted molar refractivity (Wildman–Crippen MR) is 128 cm³/mol. The van der Waals surface area contributed by atoms with E-state index in [1.54, 1.807) is 23.1 Å². The Morgan fingerprint density at radius 1 is 1.15 bits per heavy atom. The number of carbonyl (C=O) groups excluding carboxylic acids is 1. The molecule has 5 rings (SSSR count). The molecule has 1 amide bonds. The van der Waals surface area contributed by atoms with Gasteiger partial charge in [-0.3, -0.25) is 4.79 Å². The van der Waals surface area contributed by atoms with Gasteiger partial charge in [-0.2, -0.15) is 12.7 Å². The number of amidine groups is 1. The van der Waals surface area contributed by atoms with Crippen LogP contribution in [0.25, 0.3) is 10.8 Å². The largest absolute Gasteiger partial charge is 0.409 e. The van der Waals surface area contributed by atoms with Crippen LogP contribution in [0, 0.1) is 0 Å². The monoisotopic (exact) mass is 503 g/mol. The summed E-state index contributed by atoms with van der Waals surface area (Å²) in [6.07, 6.45) is 3.89. The highest BCUT2D eigenvalue weighted by molar-refractivity contribution is 7.87. The Kier molecular flexibility index (Phi) is 5.80. The minimum atomic E-state index is -3.80. The summed E-state index contributed by atoms with van der Waals surface area (Å²) in [5, 5.41) is 13.7. The van der Waals surface area contributed by atoms with E-state index in [-0.39, 0.29) is 24.8 Å². The van der Waals surface area contributed by atoms with Crippen LogP contribution < -0.4 is 5.73 Å². The summed E-state index contributed by atoms with van der Waals surface area (Å²) >= 11 is 1.44. The molecule has 180 valence electrons. The zero-order valence-corrected chi connectivity index (χ0v) is 20.2. The molecule has 0 unspecified atom stereocenters. The van der Waals surface area contributed by atoms with Crippen LogP contribution in [0.2, 0.25) is 0 Å². The number of piperazine rings is 1. The summed E-state index contributed by atoms with van der Waals surface area (Å²) in [4.78, 5) is 22.6. The van der Waals surface area contributed by atoms with Crippen molar-refractivity contribution in [3.8, 4) is 0 Å². The molecule has 2 aliphatic heterocycles. The highest BCUT2D eigenvalue weighted by Gasteiger charge is 2.32. The van der Waals surface area contributed by atoms with Gasteiger partial charge in [0.2, 0.25) is 0 Å². The third-order valence-corrected chi connectivity index (χ3v) is 9.08. The minimum Gasteiger partial charge on any atom is -0.409 e. The maximum Gasteiger partial charge on any atom is 0.307 e. The maximum absolute atomic E-state index is 13.2. The smallest absolute Gasteiger partial charge is 0.307 e. The summed E-state index contributed by atoms with van der Waals surface area (Å²) in [5.74, 6) is -0.187. The number of nitrogens with zero attached hydrogens (tertiary/aromatic N) is 6. The van der Waals surface area contributed by atoms with E-state index in [1.165, 1.54) is 32.0 Å². The van der Waals surface area contributed by atoms with Crippen molar-refractivity contribution >= 4 is 44.1 Å². The van der Waals surface area contributed by atoms with Crippen molar-refractivity contribution < 1.29 is 18.4 Å². The molecule has 0 saturated carbocycles. The Labute approximate surface area is 200 Å². The number of oxime groups is 1. The van der Waals surface area contributed by atoms with Gasteiger partial charge in [0.05, 0.1) is 5.69 Å². The molecule has 11 nitrogen and oxygen atoms in total. The second-order valence-corrected chi connectivity index (χ2v) is 11.4. The van der Waals surface area contributed by atoms with Crippen molar-refractivity contribution in [3.63, 3.8) is 0 Å². The van der Waals surface area contributed by atoms with E-state index in [0.29, 0.717) is 34.4 Å². The van der Waals surface area contributed by atoms with E-state index < -0.39 is 10.2 Å². The summed E-state index contributed by atoms with van der Waals surface area (Å²) in [6, 6.07) is 5.04. The van der Waals surface area contributed by atoms with Crippen LogP contribution in [0.4, 0.5) is 0 Å². The van der Waals surface area contributed by atoms with Gasteiger partial charge in [0.1, 0.15) is 0 Å². The SMILES string of the molecule is CN1CCc2nc(C(=O)N3CCN(S(=O)(=O)n4cc5ccc(C(N)=NO)cc5c4)CC3)sc2C1. The molecule has 3 N–H and O–H groups in total. The third-order valence-electron chi connectivity index (χ3n) is 6.25. The van der Waals surface area contributed by atoms with E-state index in [4.69, 9.17) is 10.9 Å². The van der Waals surface area contributed by atoms with Crippen LogP contribution in [0.15, 0.2) is 35.7 Å². The van der Waals surface area contributed by atoms with Gasteiger partial charge in [0, 0.05) is 79.3 Å². The van der Waals surface area contributed by atoms with Gasteiger partial charge in [-0.1, -0.05) is 17.3 Å². The van der Waals surface area contributed by atoms with Gasteiger partial charge in [0.15, 0.2) is 10.8 Å². The van der Waals surface area contributed by atoms with E-state index in [0.717, 1.165) is 30.1 Å². The van der Waals surface area contributed by atoms with Crippen LogP contribution in [0.5, 0.6) is 0 Å². The molecule has 0 spiro atoms. The number of amides is 1. The third kappa shape index (κ3) is 4.04. The summed E-state index contributed by atoms with van der Waals surface area (Å²) < 4.78 is 29.0. The normalized spacial score (nSPS) is 18.4. The van der Waals surface area contributed by atoms with E-state index in [1.807, 2.05) is 0 Å². The van der Waals surface area contributed by atoms with Gasteiger partial charge >= 0.3 is 10.2 Å². The topological polar surface area (TPSA) is 137 Å². The average molecular weight is 504 g/mol. The molecule has 1 fully saturated rings. The molecular weight excluding hydrogens is 478 g/mol. The molecule has 34 heavy (non-hydrogen) atoms. The van der Waals surface area contributed by atoms with Crippen LogP contribution in [-0.2, 0) is 23.2 Å². The first kappa shape index (κ1) is 22.8. The molecule has 0 radical (unpaired) electrons. The fraction of sp³-hybridized carbons (Fsp3) is 0.381. The summed E-state index contributed by atoms with van der Waals surface area (Å²) in [5.41, 5.74) is 7.13. The second kappa shape index (κ2) is 8.65. The Morgan fingerprint density at radius 3 is 2.62 bits per heavy atom. The summed E-state index contributed by atoms with van der Waals surface area (Å²) in [6.45, 7) is 2.74. The predicted octanol–water partition coefficient (Wildman–Crippen LogP) is 0.731. The number of thiazole rings is 1. The van der Waals surface area contributed by atoms with Crippen molar-refractivity contribution in [2.45, 2.75) is 13.0 Å². The maximum atomic E-state index is 13.2. The molecular formula is C21H25N7O4S2. The molecule has 1 saturated heterocycles. The van der Waals surface area contributed by atoms with Gasteiger partial charge in [-0.15, -0.1) is 11.3 Å². The minimum absolute atomic E-state index is 0.0496. The molecule has 4 heterocycles. The number of hydrogen-bond donors (Lipinski definition) is 2. The fourth-order valence-corrected chi connectivity index (χ4v) is 6.81. The van der Waals surface area contributed by atoms with E-state index in [9.17, 15) is 13.2 Å². The Bertz CT molecular complexity index is 1390. The first-order valence-electron chi connectivity index (χ1n) is 10.8. The second-order valence-electron chi connectivity index (χ2n) is 8.49. The number of benzene rings is 1. The first-order chi connectivity index (χ1) is 16.3. The number of hydrogen-bond acceptors (Lipinski definition) is 8.